The van der Waals surface area contributed by atoms with Crippen molar-refractivity contribution in [2.75, 3.05) is 40.4 Å². The van der Waals surface area contributed by atoms with Crippen LogP contribution in [0.2, 0.25) is 0 Å². The highest BCUT2D eigenvalue weighted by molar-refractivity contribution is 5.73. The Labute approximate surface area is 157 Å². The first-order valence-corrected chi connectivity index (χ1v) is 9.50. The maximum absolute atomic E-state index is 12.0. The van der Waals surface area contributed by atoms with E-state index in [1.165, 1.54) is 19.4 Å². The van der Waals surface area contributed by atoms with Crippen LogP contribution in [0.4, 0.5) is 4.79 Å². The highest BCUT2D eigenvalue weighted by Crippen LogP contribution is 2.27. The van der Waals surface area contributed by atoms with E-state index < -0.39 is 0 Å². The van der Waals surface area contributed by atoms with Crippen LogP contribution in [-0.4, -0.2) is 57.4 Å². The lowest BCUT2D eigenvalue weighted by Gasteiger charge is -2.35. The molecule has 6 nitrogen and oxygen atoms in total. The van der Waals surface area contributed by atoms with Crippen molar-refractivity contribution in [1.29, 1.82) is 0 Å². The molecule has 1 fully saturated rings. The zero-order chi connectivity index (χ0) is 18.9. The van der Waals surface area contributed by atoms with E-state index in [0.717, 1.165) is 25.1 Å². The van der Waals surface area contributed by atoms with Crippen molar-refractivity contribution in [1.82, 2.24) is 15.5 Å². The molecule has 2 N–H and O–H groups in total. The van der Waals surface area contributed by atoms with E-state index in [1.807, 2.05) is 18.2 Å². The first kappa shape index (κ1) is 20.4. The molecule has 0 aromatic heterocycles. The van der Waals surface area contributed by atoms with Gasteiger partial charge in [0, 0.05) is 25.7 Å². The smallest absolute Gasteiger partial charge is 0.314 e. The van der Waals surface area contributed by atoms with E-state index in [-0.39, 0.29) is 6.03 Å². The minimum absolute atomic E-state index is 0.0906. The Hall–Kier alpha value is -1.95. The molecule has 0 bridgehead atoms. The summed E-state index contributed by atoms with van der Waals surface area (Å²) in [5.74, 6) is 1.97. The average Bonchev–Trinajstić information content (AvgIpc) is 2.66. The fraction of sp³-hybridized carbons (Fsp3) is 0.650. The molecule has 1 aromatic rings. The van der Waals surface area contributed by atoms with Gasteiger partial charge >= 0.3 is 6.03 Å². The minimum Gasteiger partial charge on any atom is -0.493 e. The van der Waals surface area contributed by atoms with E-state index in [9.17, 15) is 4.79 Å². The Bertz CT molecular complexity index is 577. The van der Waals surface area contributed by atoms with Gasteiger partial charge in [0.1, 0.15) is 0 Å². The Morgan fingerprint density at radius 3 is 2.69 bits per heavy atom. The predicted molar refractivity (Wildman–Crippen MR) is 104 cm³/mol. The number of rotatable bonds is 8. The number of carbonyl (C=O) groups excluding carboxylic acids is 1. The normalized spacial score (nSPS) is 17.8. The molecule has 1 heterocycles. The van der Waals surface area contributed by atoms with Gasteiger partial charge in [-0.15, -0.1) is 0 Å². The molecule has 1 aromatic carbocycles. The van der Waals surface area contributed by atoms with Gasteiger partial charge < -0.3 is 25.0 Å². The minimum atomic E-state index is -0.0906. The van der Waals surface area contributed by atoms with E-state index in [2.05, 4.69) is 29.4 Å². The van der Waals surface area contributed by atoms with Crippen LogP contribution >= 0.6 is 0 Å². The quantitative estimate of drug-likeness (QED) is 0.745. The van der Waals surface area contributed by atoms with Gasteiger partial charge in [-0.3, -0.25) is 0 Å². The molecule has 1 atom stereocenters. The van der Waals surface area contributed by atoms with Crippen LogP contribution < -0.4 is 20.1 Å². The van der Waals surface area contributed by atoms with Gasteiger partial charge in [-0.1, -0.05) is 6.07 Å². The summed E-state index contributed by atoms with van der Waals surface area (Å²) in [6.45, 7) is 8.04. The lowest BCUT2D eigenvalue weighted by atomic mass is 9.97. The lowest BCUT2D eigenvalue weighted by molar-refractivity contribution is 0.139. The molecule has 26 heavy (non-hydrogen) atoms. The van der Waals surface area contributed by atoms with Crippen LogP contribution in [0.5, 0.6) is 11.5 Å². The third kappa shape index (κ3) is 6.09. The second-order valence-electron chi connectivity index (χ2n) is 7.17. The first-order valence-electron chi connectivity index (χ1n) is 9.50. The fourth-order valence-electron chi connectivity index (χ4n) is 3.39. The largest absolute Gasteiger partial charge is 0.493 e. The standard InChI is InChI=1S/C20H33N3O3/c1-15(2)23-11-5-6-17(14-23)13-22-20(24)21-10-9-16-7-8-18(25-3)19(12-16)26-4/h7-8,12,15,17H,5-6,9-11,13-14H2,1-4H3,(H2,21,22,24). The maximum atomic E-state index is 12.0. The van der Waals surface area contributed by atoms with Gasteiger partial charge in [0.2, 0.25) is 0 Å². The van der Waals surface area contributed by atoms with Gasteiger partial charge in [0.25, 0.3) is 0 Å². The number of hydrogen-bond acceptors (Lipinski definition) is 4. The van der Waals surface area contributed by atoms with E-state index >= 15 is 0 Å². The summed E-state index contributed by atoms with van der Waals surface area (Å²) >= 11 is 0. The van der Waals surface area contributed by atoms with Crippen molar-refractivity contribution in [3.05, 3.63) is 23.8 Å². The van der Waals surface area contributed by atoms with E-state index in [0.29, 0.717) is 30.0 Å². The SMILES string of the molecule is COc1ccc(CCNC(=O)NCC2CCCN(C(C)C)C2)cc1OC. The molecular weight excluding hydrogens is 330 g/mol. The topological polar surface area (TPSA) is 62.8 Å². The van der Waals surface area contributed by atoms with Crippen LogP contribution in [0.15, 0.2) is 18.2 Å². The third-order valence-electron chi connectivity index (χ3n) is 4.98. The van der Waals surface area contributed by atoms with Crippen LogP contribution in [0.25, 0.3) is 0 Å². The molecule has 0 spiro atoms. The molecule has 146 valence electrons. The van der Waals surface area contributed by atoms with Crippen molar-refractivity contribution < 1.29 is 14.3 Å². The van der Waals surface area contributed by atoms with Crippen LogP contribution in [0.3, 0.4) is 0 Å². The molecule has 2 rings (SSSR count). The van der Waals surface area contributed by atoms with Crippen molar-refractivity contribution in [3.63, 3.8) is 0 Å². The summed E-state index contributed by atoms with van der Waals surface area (Å²) in [5.41, 5.74) is 1.10. The Morgan fingerprint density at radius 1 is 1.23 bits per heavy atom. The van der Waals surface area contributed by atoms with Crippen LogP contribution in [0.1, 0.15) is 32.3 Å². The molecule has 1 saturated heterocycles. The summed E-state index contributed by atoms with van der Waals surface area (Å²) in [5, 5.41) is 5.95. The lowest BCUT2D eigenvalue weighted by Crippen LogP contribution is -2.45. The molecule has 0 aliphatic carbocycles. The summed E-state index contributed by atoms with van der Waals surface area (Å²) in [7, 11) is 3.25. The van der Waals surface area contributed by atoms with Gasteiger partial charge in [-0.2, -0.15) is 0 Å². The number of urea groups is 1. The van der Waals surface area contributed by atoms with Gasteiger partial charge in [0.15, 0.2) is 11.5 Å². The highest BCUT2D eigenvalue weighted by Gasteiger charge is 2.21. The predicted octanol–water partition coefficient (Wildman–Crippen LogP) is 2.67. The fourth-order valence-corrected chi connectivity index (χ4v) is 3.39. The summed E-state index contributed by atoms with van der Waals surface area (Å²) in [4.78, 5) is 14.5. The molecule has 1 unspecified atom stereocenters. The maximum Gasteiger partial charge on any atom is 0.314 e. The number of amides is 2. The summed E-state index contributed by atoms with van der Waals surface area (Å²) in [6, 6.07) is 6.31. The van der Waals surface area contributed by atoms with E-state index in [1.54, 1.807) is 14.2 Å². The Morgan fingerprint density at radius 2 is 2.00 bits per heavy atom. The van der Waals surface area contributed by atoms with E-state index in [4.69, 9.17) is 9.47 Å². The van der Waals surface area contributed by atoms with Gasteiger partial charge in [-0.25, -0.2) is 4.79 Å². The molecule has 0 saturated carbocycles. The average molecular weight is 364 g/mol. The molecule has 1 aliphatic rings. The Kier molecular flexibility index (Phi) is 8.04. The second kappa shape index (κ2) is 10.3. The summed E-state index contributed by atoms with van der Waals surface area (Å²) in [6.07, 6.45) is 3.15. The van der Waals surface area contributed by atoms with Crippen molar-refractivity contribution >= 4 is 6.03 Å². The van der Waals surface area contributed by atoms with Gasteiger partial charge in [0.05, 0.1) is 14.2 Å². The first-order chi connectivity index (χ1) is 12.5. The van der Waals surface area contributed by atoms with Crippen molar-refractivity contribution in [2.45, 2.75) is 39.2 Å². The number of ether oxygens (including phenoxy) is 2. The molecule has 2 amide bonds. The Balaban J connectivity index is 1.69. The molecule has 6 heteroatoms. The number of methoxy groups -OCH3 is 2. The monoisotopic (exact) mass is 363 g/mol. The van der Waals surface area contributed by atoms with Crippen LogP contribution in [-0.2, 0) is 6.42 Å². The number of nitrogens with zero attached hydrogens (tertiary/aromatic N) is 1. The molecular formula is C20H33N3O3. The molecule has 1 aliphatic heterocycles. The highest BCUT2D eigenvalue weighted by atomic mass is 16.5. The second-order valence-corrected chi connectivity index (χ2v) is 7.17. The zero-order valence-electron chi connectivity index (χ0n) is 16.5. The summed E-state index contributed by atoms with van der Waals surface area (Å²) < 4.78 is 10.5. The van der Waals surface area contributed by atoms with Crippen LogP contribution in [0, 0.1) is 5.92 Å². The van der Waals surface area contributed by atoms with Crippen molar-refractivity contribution in [2.24, 2.45) is 5.92 Å². The number of carbonyl (C=O) groups is 1. The zero-order valence-corrected chi connectivity index (χ0v) is 16.5. The number of benzene rings is 1. The number of piperidine rings is 1. The van der Waals surface area contributed by atoms with Gasteiger partial charge in [-0.05, 0) is 63.3 Å². The third-order valence-corrected chi connectivity index (χ3v) is 4.98. The number of likely N-dealkylation sites (tertiary alicyclic amines) is 1. The molecule has 0 radical (unpaired) electrons. The number of nitrogens with one attached hydrogen (secondary N) is 2. The number of hydrogen-bond donors (Lipinski definition) is 2. The van der Waals surface area contributed by atoms with Crippen molar-refractivity contribution in [3.8, 4) is 11.5 Å².